The van der Waals surface area contributed by atoms with Gasteiger partial charge < -0.3 is 9.64 Å². The van der Waals surface area contributed by atoms with Gasteiger partial charge in [0, 0.05) is 31.8 Å². The first-order valence-corrected chi connectivity index (χ1v) is 11.2. The van der Waals surface area contributed by atoms with Crippen LogP contribution in [0.1, 0.15) is 63.2 Å². The van der Waals surface area contributed by atoms with Crippen molar-refractivity contribution in [3.63, 3.8) is 0 Å². The molecule has 0 spiro atoms. The van der Waals surface area contributed by atoms with Crippen LogP contribution in [0.3, 0.4) is 0 Å². The number of nitrogens with zero attached hydrogens (tertiary/aromatic N) is 1. The van der Waals surface area contributed by atoms with E-state index in [2.05, 4.69) is 25.5 Å². The average Bonchev–Trinajstić information content (AvgIpc) is 2.65. The van der Waals surface area contributed by atoms with Crippen molar-refractivity contribution < 1.29 is 17.9 Å². The Morgan fingerprint density at radius 1 is 1.22 bits per heavy atom. The summed E-state index contributed by atoms with van der Waals surface area (Å²) in [5.41, 5.74) is 0.407. The molecule has 0 saturated heterocycles. The largest absolute Gasteiger partial charge is 0.383 e. The van der Waals surface area contributed by atoms with E-state index in [1.54, 1.807) is 12.1 Å². The number of carbonyl (C=O) groups excluding carboxylic acids is 1. The molecule has 1 unspecified atom stereocenters. The van der Waals surface area contributed by atoms with Gasteiger partial charge in [0.15, 0.2) is 0 Å². The molecule has 0 aliphatic rings. The highest BCUT2D eigenvalue weighted by Gasteiger charge is 2.22. The standard InChI is InChI=1S/C20H34N2O4S/c1-5-7-8-14-22(17(3)10-6-2)20(23)18-11-9-12-19(16-18)27(24,25)21-13-15-26-4/h9,11-12,16-17,21H,5-8,10,13-15H2,1-4H3. The van der Waals surface area contributed by atoms with Gasteiger partial charge >= 0.3 is 0 Å². The van der Waals surface area contributed by atoms with E-state index in [4.69, 9.17) is 4.74 Å². The SMILES string of the molecule is CCCCCN(C(=O)c1cccc(S(=O)(=O)NCCOC)c1)C(C)CCC. The topological polar surface area (TPSA) is 75.7 Å². The lowest BCUT2D eigenvalue weighted by molar-refractivity contribution is 0.0679. The molecule has 0 radical (unpaired) electrons. The predicted molar refractivity (Wildman–Crippen MR) is 108 cm³/mol. The number of sulfonamides is 1. The predicted octanol–water partition coefficient (Wildman–Crippen LogP) is 3.43. The minimum Gasteiger partial charge on any atom is -0.383 e. The van der Waals surface area contributed by atoms with Crippen molar-refractivity contribution in [2.75, 3.05) is 26.8 Å². The van der Waals surface area contributed by atoms with Gasteiger partial charge in [0.1, 0.15) is 0 Å². The van der Waals surface area contributed by atoms with E-state index in [0.29, 0.717) is 12.1 Å². The second-order valence-electron chi connectivity index (χ2n) is 6.76. The van der Waals surface area contributed by atoms with Gasteiger partial charge in [-0.05, 0) is 38.0 Å². The highest BCUT2D eigenvalue weighted by molar-refractivity contribution is 7.89. The molecule has 1 atom stereocenters. The number of carbonyl (C=O) groups is 1. The van der Waals surface area contributed by atoms with Crippen molar-refractivity contribution in [3.8, 4) is 0 Å². The van der Waals surface area contributed by atoms with Crippen LogP contribution in [0.2, 0.25) is 0 Å². The number of rotatable bonds is 13. The summed E-state index contributed by atoms with van der Waals surface area (Å²) in [4.78, 5) is 15.1. The Morgan fingerprint density at radius 2 is 1.96 bits per heavy atom. The number of benzene rings is 1. The third-order valence-electron chi connectivity index (χ3n) is 4.49. The molecule has 1 amide bonds. The molecule has 27 heavy (non-hydrogen) atoms. The molecular weight excluding hydrogens is 364 g/mol. The first kappa shape index (κ1) is 23.6. The molecule has 1 aromatic rings. The van der Waals surface area contributed by atoms with E-state index in [9.17, 15) is 13.2 Å². The smallest absolute Gasteiger partial charge is 0.254 e. The van der Waals surface area contributed by atoms with Gasteiger partial charge in [-0.1, -0.05) is 39.2 Å². The number of methoxy groups -OCH3 is 1. The monoisotopic (exact) mass is 398 g/mol. The first-order chi connectivity index (χ1) is 12.9. The van der Waals surface area contributed by atoms with Gasteiger partial charge in [0.2, 0.25) is 10.0 Å². The Bertz CT molecular complexity index is 676. The highest BCUT2D eigenvalue weighted by Crippen LogP contribution is 2.17. The van der Waals surface area contributed by atoms with Crippen LogP contribution in [0, 0.1) is 0 Å². The number of amides is 1. The third-order valence-corrected chi connectivity index (χ3v) is 5.95. The average molecular weight is 399 g/mol. The van der Waals surface area contributed by atoms with Crippen LogP contribution in [0.25, 0.3) is 0 Å². The maximum atomic E-state index is 13.1. The van der Waals surface area contributed by atoms with E-state index in [1.165, 1.54) is 19.2 Å². The van der Waals surface area contributed by atoms with Crippen molar-refractivity contribution in [1.82, 2.24) is 9.62 Å². The summed E-state index contributed by atoms with van der Waals surface area (Å²) in [6, 6.07) is 6.39. The zero-order chi connectivity index (χ0) is 20.3. The Kier molecular flexibility index (Phi) is 10.6. The van der Waals surface area contributed by atoms with Crippen LogP contribution in [0.15, 0.2) is 29.2 Å². The fourth-order valence-electron chi connectivity index (χ4n) is 2.95. The van der Waals surface area contributed by atoms with Crippen LogP contribution in [-0.2, 0) is 14.8 Å². The number of ether oxygens (including phenoxy) is 1. The lowest BCUT2D eigenvalue weighted by Crippen LogP contribution is -2.39. The Balaban J connectivity index is 3.02. The van der Waals surface area contributed by atoms with Crippen LogP contribution in [0.4, 0.5) is 0 Å². The molecule has 7 heteroatoms. The second-order valence-corrected chi connectivity index (χ2v) is 8.53. The summed E-state index contributed by atoms with van der Waals surface area (Å²) >= 11 is 0. The van der Waals surface area contributed by atoms with Crippen molar-refractivity contribution in [1.29, 1.82) is 0 Å². The maximum absolute atomic E-state index is 13.1. The minimum absolute atomic E-state index is 0.0982. The van der Waals surface area contributed by atoms with Gasteiger partial charge in [-0.25, -0.2) is 13.1 Å². The second kappa shape index (κ2) is 12.1. The summed E-state index contributed by atoms with van der Waals surface area (Å²) in [5.74, 6) is -0.110. The van der Waals surface area contributed by atoms with Crippen molar-refractivity contribution in [3.05, 3.63) is 29.8 Å². The van der Waals surface area contributed by atoms with Gasteiger partial charge in [-0.15, -0.1) is 0 Å². The third kappa shape index (κ3) is 7.60. The Morgan fingerprint density at radius 3 is 2.59 bits per heavy atom. The zero-order valence-electron chi connectivity index (χ0n) is 17.0. The summed E-state index contributed by atoms with van der Waals surface area (Å²) in [7, 11) is -2.15. The molecule has 0 saturated carbocycles. The lowest BCUT2D eigenvalue weighted by atomic mass is 10.1. The zero-order valence-corrected chi connectivity index (χ0v) is 17.8. The van der Waals surface area contributed by atoms with Gasteiger partial charge in [-0.2, -0.15) is 0 Å². The van der Waals surface area contributed by atoms with Gasteiger partial charge in [-0.3, -0.25) is 4.79 Å². The summed E-state index contributed by atoms with van der Waals surface area (Å²) < 4.78 is 32.2. The molecule has 0 aliphatic heterocycles. The summed E-state index contributed by atoms with van der Waals surface area (Å²) in [6.45, 7) is 7.46. The van der Waals surface area contributed by atoms with Crippen LogP contribution in [0.5, 0.6) is 0 Å². The molecule has 0 aromatic heterocycles. The fraction of sp³-hybridized carbons (Fsp3) is 0.650. The van der Waals surface area contributed by atoms with Crippen molar-refractivity contribution in [2.45, 2.75) is 63.8 Å². The lowest BCUT2D eigenvalue weighted by Gasteiger charge is -2.29. The van der Waals surface area contributed by atoms with Crippen molar-refractivity contribution in [2.24, 2.45) is 0 Å². The number of unbranched alkanes of at least 4 members (excludes halogenated alkanes) is 2. The highest BCUT2D eigenvalue weighted by atomic mass is 32.2. The van der Waals surface area contributed by atoms with E-state index in [1.807, 2.05) is 4.90 Å². The van der Waals surface area contributed by atoms with E-state index >= 15 is 0 Å². The quantitative estimate of drug-likeness (QED) is 0.517. The van der Waals surface area contributed by atoms with E-state index in [0.717, 1.165) is 32.1 Å². The number of hydrogen-bond acceptors (Lipinski definition) is 4. The summed E-state index contributed by atoms with van der Waals surface area (Å²) in [6.07, 6.45) is 5.03. The molecule has 0 aliphatic carbocycles. The normalized spacial score (nSPS) is 12.7. The molecule has 154 valence electrons. The molecule has 1 rings (SSSR count). The van der Waals surface area contributed by atoms with E-state index in [-0.39, 0.29) is 30.0 Å². The molecule has 0 heterocycles. The van der Waals surface area contributed by atoms with Crippen LogP contribution >= 0.6 is 0 Å². The molecule has 0 fully saturated rings. The van der Waals surface area contributed by atoms with Crippen LogP contribution < -0.4 is 4.72 Å². The molecule has 1 aromatic carbocycles. The Labute approximate surface area is 164 Å². The minimum atomic E-state index is -3.67. The number of nitrogens with one attached hydrogen (secondary N) is 1. The number of hydrogen-bond donors (Lipinski definition) is 1. The summed E-state index contributed by atoms with van der Waals surface area (Å²) in [5, 5.41) is 0. The van der Waals surface area contributed by atoms with E-state index < -0.39 is 10.0 Å². The maximum Gasteiger partial charge on any atom is 0.254 e. The van der Waals surface area contributed by atoms with Crippen LogP contribution in [-0.4, -0.2) is 52.1 Å². The molecule has 6 nitrogen and oxygen atoms in total. The Hall–Kier alpha value is -1.44. The molecule has 0 bridgehead atoms. The van der Waals surface area contributed by atoms with Crippen molar-refractivity contribution >= 4 is 15.9 Å². The van der Waals surface area contributed by atoms with Gasteiger partial charge in [0.05, 0.1) is 11.5 Å². The fourth-order valence-corrected chi connectivity index (χ4v) is 4.01. The molecule has 1 N–H and O–H groups in total. The molecular formula is C20H34N2O4S. The van der Waals surface area contributed by atoms with Gasteiger partial charge in [0.25, 0.3) is 5.91 Å². The first-order valence-electron chi connectivity index (χ1n) is 9.77.